The molecule has 0 N–H and O–H groups in total. The number of esters is 3. The van der Waals surface area contributed by atoms with Gasteiger partial charge in [0.15, 0.2) is 6.10 Å². The van der Waals surface area contributed by atoms with E-state index in [1.165, 1.54) is 167 Å². The van der Waals surface area contributed by atoms with Crippen molar-refractivity contribution in [1.82, 2.24) is 0 Å². The van der Waals surface area contributed by atoms with Gasteiger partial charge < -0.3 is 14.2 Å². The molecule has 77 heavy (non-hydrogen) atoms. The van der Waals surface area contributed by atoms with Crippen LogP contribution < -0.4 is 0 Å². The topological polar surface area (TPSA) is 78.9 Å². The summed E-state index contributed by atoms with van der Waals surface area (Å²) in [6, 6.07) is 0. The minimum atomic E-state index is -0.789. The Morgan fingerprint density at radius 1 is 0.273 bits per heavy atom. The summed E-state index contributed by atoms with van der Waals surface area (Å²) >= 11 is 0. The Balaban J connectivity index is 4.36. The molecule has 0 aliphatic rings. The number of carbonyl (C=O) groups excluding carboxylic acids is 3. The summed E-state index contributed by atoms with van der Waals surface area (Å²) in [6.45, 7) is 6.44. The summed E-state index contributed by atoms with van der Waals surface area (Å²) in [6.07, 6.45) is 85.9. The predicted molar refractivity (Wildman–Crippen MR) is 334 cm³/mol. The molecule has 1 unspecified atom stereocenters. The molecule has 0 rings (SSSR count). The summed E-state index contributed by atoms with van der Waals surface area (Å²) in [5.74, 6) is -0.891. The second kappa shape index (κ2) is 65.1. The van der Waals surface area contributed by atoms with Crippen molar-refractivity contribution in [2.75, 3.05) is 13.2 Å². The Bertz CT molecular complexity index is 1470. The number of allylic oxidation sites excluding steroid dienone is 14. The minimum Gasteiger partial charge on any atom is -0.462 e. The van der Waals surface area contributed by atoms with Gasteiger partial charge in [0.05, 0.1) is 0 Å². The Morgan fingerprint density at radius 2 is 0.506 bits per heavy atom. The van der Waals surface area contributed by atoms with Gasteiger partial charge in [-0.1, -0.05) is 305 Å². The predicted octanol–water partition coefficient (Wildman–Crippen LogP) is 22.7. The lowest BCUT2D eigenvalue weighted by molar-refractivity contribution is -0.167. The Hall–Kier alpha value is -3.41. The zero-order valence-corrected chi connectivity index (χ0v) is 51.0. The van der Waals surface area contributed by atoms with Gasteiger partial charge in [0.2, 0.25) is 0 Å². The fraction of sp³-hybridized carbons (Fsp3) is 0.761. The molecule has 0 saturated carbocycles. The summed E-state index contributed by atoms with van der Waals surface area (Å²) in [7, 11) is 0. The Kier molecular flexibility index (Phi) is 62.2. The van der Waals surface area contributed by atoms with Crippen molar-refractivity contribution in [1.29, 1.82) is 0 Å². The van der Waals surface area contributed by atoms with Crippen LogP contribution in [0.5, 0.6) is 0 Å². The number of carbonyl (C=O) groups is 3. The Labute approximate surface area is 477 Å². The van der Waals surface area contributed by atoms with Crippen LogP contribution in [-0.4, -0.2) is 37.2 Å². The third-order valence-corrected chi connectivity index (χ3v) is 14.4. The van der Waals surface area contributed by atoms with Crippen molar-refractivity contribution < 1.29 is 28.6 Å². The van der Waals surface area contributed by atoms with E-state index >= 15 is 0 Å². The fourth-order valence-electron chi connectivity index (χ4n) is 9.51. The van der Waals surface area contributed by atoms with Gasteiger partial charge >= 0.3 is 17.9 Å². The molecular weight excluding hydrogens is 949 g/mol. The molecule has 0 aromatic heterocycles. The van der Waals surface area contributed by atoms with Crippen molar-refractivity contribution in [2.24, 2.45) is 0 Å². The van der Waals surface area contributed by atoms with Gasteiger partial charge in [0.25, 0.3) is 0 Å². The lowest BCUT2D eigenvalue weighted by atomic mass is 10.0. The van der Waals surface area contributed by atoms with Gasteiger partial charge in [0, 0.05) is 19.3 Å². The SMILES string of the molecule is CC/C=C\C/C=C\C/C=C\C/C=C\CCCCCCCCC(=O)OC(COC(=O)CCCCCCCCC/C=C\C/C=C\C/C=C\CC)COC(=O)CCCCCCCCCCCCCCCCCCCCCCCCC. The highest BCUT2D eigenvalue weighted by atomic mass is 16.6. The molecule has 1 atom stereocenters. The van der Waals surface area contributed by atoms with Crippen LogP contribution in [0.1, 0.15) is 329 Å². The van der Waals surface area contributed by atoms with Crippen LogP contribution in [0.25, 0.3) is 0 Å². The molecule has 0 aromatic carbocycles. The smallest absolute Gasteiger partial charge is 0.306 e. The summed E-state index contributed by atoms with van der Waals surface area (Å²) in [5.41, 5.74) is 0. The molecule has 0 aromatic rings. The van der Waals surface area contributed by atoms with Gasteiger partial charge in [-0.15, -0.1) is 0 Å². The molecular formula is C71H124O6. The zero-order chi connectivity index (χ0) is 55.7. The second-order valence-corrected chi connectivity index (χ2v) is 22.0. The molecule has 0 spiro atoms. The van der Waals surface area contributed by atoms with Crippen LogP contribution in [0.15, 0.2) is 85.1 Å². The fourth-order valence-corrected chi connectivity index (χ4v) is 9.51. The van der Waals surface area contributed by atoms with E-state index in [2.05, 4.69) is 106 Å². The molecule has 0 heterocycles. The van der Waals surface area contributed by atoms with Crippen LogP contribution in [-0.2, 0) is 28.6 Å². The first-order valence-electron chi connectivity index (χ1n) is 33.1. The van der Waals surface area contributed by atoms with E-state index in [1.807, 2.05) is 0 Å². The molecule has 0 aliphatic heterocycles. The molecule has 0 saturated heterocycles. The van der Waals surface area contributed by atoms with Crippen LogP contribution in [0.2, 0.25) is 0 Å². The number of hydrogen-bond donors (Lipinski definition) is 0. The zero-order valence-electron chi connectivity index (χ0n) is 51.0. The van der Waals surface area contributed by atoms with Crippen molar-refractivity contribution in [3.63, 3.8) is 0 Å². The van der Waals surface area contributed by atoms with Gasteiger partial charge in [-0.3, -0.25) is 14.4 Å². The van der Waals surface area contributed by atoms with Gasteiger partial charge in [-0.25, -0.2) is 0 Å². The average molecular weight is 1070 g/mol. The standard InChI is InChI=1S/C71H124O6/c1-4-7-10-13-16-19-22-25-28-31-33-34-35-36-38-40-43-46-49-52-55-58-61-64-70(73)76-67-68(66-75-69(72)63-60-57-54-51-48-45-42-39-30-27-24-21-18-15-12-9-6-3)77-71(74)65-62-59-56-53-50-47-44-41-37-32-29-26-23-20-17-14-11-8-5-2/h8-9,11-12,17-18,20-21,26-27,29-30,37,41,68H,4-7,10,13-16,19,22-25,28,31-36,38-40,42-67H2,1-3H3/b11-8-,12-9-,20-17-,21-18-,29-26-,30-27-,41-37-. The van der Waals surface area contributed by atoms with E-state index in [4.69, 9.17) is 14.2 Å². The molecule has 6 heteroatoms. The van der Waals surface area contributed by atoms with Gasteiger partial charge in [-0.2, -0.15) is 0 Å². The maximum absolute atomic E-state index is 12.9. The maximum Gasteiger partial charge on any atom is 0.306 e. The van der Waals surface area contributed by atoms with Crippen LogP contribution in [0, 0.1) is 0 Å². The van der Waals surface area contributed by atoms with Crippen molar-refractivity contribution >= 4 is 17.9 Å². The molecule has 444 valence electrons. The normalized spacial score (nSPS) is 12.6. The highest BCUT2D eigenvalue weighted by Crippen LogP contribution is 2.17. The van der Waals surface area contributed by atoms with Gasteiger partial charge in [-0.05, 0) is 89.9 Å². The lowest BCUT2D eigenvalue weighted by Gasteiger charge is -2.18. The molecule has 6 nitrogen and oxygen atoms in total. The van der Waals surface area contributed by atoms with Gasteiger partial charge in [0.1, 0.15) is 13.2 Å². The van der Waals surface area contributed by atoms with Crippen LogP contribution in [0.4, 0.5) is 0 Å². The van der Waals surface area contributed by atoms with E-state index in [-0.39, 0.29) is 31.1 Å². The minimum absolute atomic E-state index is 0.0831. The van der Waals surface area contributed by atoms with Crippen molar-refractivity contribution in [3.8, 4) is 0 Å². The van der Waals surface area contributed by atoms with E-state index < -0.39 is 6.10 Å². The quantitative estimate of drug-likeness (QED) is 0.0261. The average Bonchev–Trinajstić information content (AvgIpc) is 3.43. The number of hydrogen-bond acceptors (Lipinski definition) is 6. The molecule has 0 bridgehead atoms. The molecule has 0 fully saturated rings. The maximum atomic E-state index is 12.9. The van der Waals surface area contributed by atoms with E-state index in [1.54, 1.807) is 0 Å². The summed E-state index contributed by atoms with van der Waals surface area (Å²) < 4.78 is 17.0. The lowest BCUT2D eigenvalue weighted by Crippen LogP contribution is -2.30. The molecule has 0 amide bonds. The first-order valence-corrected chi connectivity index (χ1v) is 33.1. The van der Waals surface area contributed by atoms with E-state index in [0.29, 0.717) is 19.3 Å². The largest absolute Gasteiger partial charge is 0.462 e. The third kappa shape index (κ3) is 63.3. The monoisotopic (exact) mass is 1070 g/mol. The second-order valence-electron chi connectivity index (χ2n) is 22.0. The number of rotatable bonds is 60. The third-order valence-electron chi connectivity index (χ3n) is 14.4. The first-order chi connectivity index (χ1) is 38.0. The summed E-state index contributed by atoms with van der Waals surface area (Å²) in [4.78, 5) is 38.4. The molecule has 0 radical (unpaired) electrons. The number of ether oxygens (including phenoxy) is 3. The highest BCUT2D eigenvalue weighted by molar-refractivity contribution is 5.71. The first kappa shape index (κ1) is 73.6. The molecule has 0 aliphatic carbocycles. The van der Waals surface area contributed by atoms with Crippen molar-refractivity contribution in [2.45, 2.75) is 335 Å². The summed E-state index contributed by atoms with van der Waals surface area (Å²) in [5, 5.41) is 0. The Morgan fingerprint density at radius 3 is 0.792 bits per heavy atom. The van der Waals surface area contributed by atoms with E-state index in [0.717, 1.165) is 122 Å². The van der Waals surface area contributed by atoms with Crippen LogP contribution in [0.3, 0.4) is 0 Å². The van der Waals surface area contributed by atoms with Crippen molar-refractivity contribution in [3.05, 3.63) is 85.1 Å². The number of unbranched alkanes of at least 4 members (excludes halogenated alkanes) is 35. The van der Waals surface area contributed by atoms with Crippen LogP contribution >= 0.6 is 0 Å². The van der Waals surface area contributed by atoms with E-state index in [9.17, 15) is 14.4 Å². The highest BCUT2D eigenvalue weighted by Gasteiger charge is 2.19.